The van der Waals surface area contributed by atoms with Gasteiger partial charge in [-0.3, -0.25) is 9.78 Å². The van der Waals surface area contributed by atoms with Crippen molar-refractivity contribution in [1.29, 1.82) is 0 Å². The maximum absolute atomic E-state index is 13.3. The number of hydrogen-bond acceptors (Lipinski definition) is 4. The molecule has 0 saturated heterocycles. The molecule has 1 saturated carbocycles. The van der Waals surface area contributed by atoms with Gasteiger partial charge >= 0.3 is 6.09 Å². The molecule has 0 atom stereocenters. The Bertz CT molecular complexity index is 1180. The zero-order valence-corrected chi connectivity index (χ0v) is 18.0. The van der Waals surface area contributed by atoms with Crippen molar-refractivity contribution in [2.75, 3.05) is 18.6 Å². The molecule has 5 rings (SSSR count). The summed E-state index contributed by atoms with van der Waals surface area (Å²) in [5.74, 6) is 0.165. The first kappa shape index (κ1) is 19.9. The third kappa shape index (κ3) is 3.33. The lowest BCUT2D eigenvalue weighted by Crippen LogP contribution is -2.32. The Labute approximate surface area is 184 Å². The van der Waals surface area contributed by atoms with Crippen LogP contribution in [0.15, 0.2) is 42.7 Å². The monoisotopic (exact) mass is 438 g/mol. The lowest BCUT2D eigenvalue weighted by atomic mass is 9.99. The van der Waals surface area contributed by atoms with E-state index in [0.29, 0.717) is 24.7 Å². The topological polar surface area (TPSA) is 76.5 Å². The van der Waals surface area contributed by atoms with Crippen LogP contribution in [-0.2, 0) is 28.0 Å². The van der Waals surface area contributed by atoms with Gasteiger partial charge in [-0.1, -0.05) is 11.6 Å². The lowest BCUT2D eigenvalue weighted by Gasteiger charge is -2.20. The summed E-state index contributed by atoms with van der Waals surface area (Å²) in [6.45, 7) is 1.66. The van der Waals surface area contributed by atoms with Gasteiger partial charge in [0.25, 0.3) is 0 Å². The van der Waals surface area contributed by atoms with Gasteiger partial charge in [0, 0.05) is 40.9 Å². The lowest BCUT2D eigenvalue weighted by molar-refractivity contribution is -0.120. The SMILES string of the molecule is COC(=O)NCCCn1c(CN2C(=O)C3(CC3)c3ccncc32)cc2cc(Cl)ccc21. The Hall–Kier alpha value is -3.06. The van der Waals surface area contributed by atoms with Crippen LogP contribution in [-0.4, -0.2) is 35.2 Å². The van der Waals surface area contributed by atoms with Gasteiger partial charge < -0.3 is 19.5 Å². The highest BCUT2D eigenvalue weighted by atomic mass is 35.5. The summed E-state index contributed by atoms with van der Waals surface area (Å²) >= 11 is 6.22. The molecule has 3 aromatic rings. The van der Waals surface area contributed by atoms with E-state index < -0.39 is 6.09 Å². The highest BCUT2D eigenvalue weighted by molar-refractivity contribution is 6.31. The Morgan fingerprint density at radius 3 is 2.90 bits per heavy atom. The minimum absolute atomic E-state index is 0.165. The quantitative estimate of drug-likeness (QED) is 0.590. The number of carbonyl (C=O) groups excluding carboxylic acids is 2. The summed E-state index contributed by atoms with van der Waals surface area (Å²) < 4.78 is 6.83. The van der Waals surface area contributed by atoms with E-state index in [1.54, 1.807) is 12.4 Å². The van der Waals surface area contributed by atoms with E-state index >= 15 is 0 Å². The Morgan fingerprint density at radius 1 is 1.29 bits per heavy atom. The summed E-state index contributed by atoms with van der Waals surface area (Å²) in [4.78, 5) is 30.8. The second-order valence-electron chi connectivity index (χ2n) is 8.13. The van der Waals surface area contributed by atoms with Gasteiger partial charge in [-0.2, -0.15) is 0 Å². The third-order valence-corrected chi connectivity index (χ3v) is 6.53. The van der Waals surface area contributed by atoms with Crippen LogP contribution in [0.4, 0.5) is 10.5 Å². The summed E-state index contributed by atoms with van der Waals surface area (Å²) in [6.07, 6.45) is 5.65. The number of amides is 2. The summed E-state index contributed by atoms with van der Waals surface area (Å²) in [5, 5.41) is 4.42. The highest BCUT2D eigenvalue weighted by Gasteiger charge is 2.59. The fourth-order valence-electron chi connectivity index (χ4n) is 4.61. The van der Waals surface area contributed by atoms with Crippen LogP contribution in [0.1, 0.15) is 30.5 Å². The van der Waals surface area contributed by atoms with Crippen molar-refractivity contribution in [1.82, 2.24) is 14.9 Å². The number of rotatable bonds is 6. The van der Waals surface area contributed by atoms with Crippen molar-refractivity contribution in [2.24, 2.45) is 0 Å². The number of aryl methyl sites for hydroxylation is 1. The molecule has 1 aliphatic carbocycles. The van der Waals surface area contributed by atoms with Gasteiger partial charge in [-0.05, 0) is 55.2 Å². The van der Waals surface area contributed by atoms with E-state index in [1.165, 1.54) is 7.11 Å². The van der Waals surface area contributed by atoms with E-state index in [4.69, 9.17) is 11.6 Å². The first-order valence-corrected chi connectivity index (χ1v) is 10.8. The molecule has 1 N–H and O–H groups in total. The standard InChI is InChI=1S/C23H23ClN4O3/c1-31-22(30)26-8-2-10-27-17(12-15-11-16(24)3-4-19(15)27)14-28-20-13-25-9-5-18(20)23(6-7-23)21(28)29/h3-5,9,11-13H,2,6-8,10,14H2,1H3,(H,26,30). The van der Waals surface area contributed by atoms with E-state index in [1.807, 2.05) is 29.2 Å². The molecule has 2 amide bonds. The second kappa shape index (κ2) is 7.57. The van der Waals surface area contributed by atoms with E-state index in [-0.39, 0.29) is 11.3 Å². The molecule has 160 valence electrons. The molecule has 31 heavy (non-hydrogen) atoms. The van der Waals surface area contributed by atoms with Gasteiger partial charge in [-0.25, -0.2) is 4.79 Å². The molecule has 1 fully saturated rings. The fraction of sp³-hybridized carbons (Fsp3) is 0.348. The molecule has 0 bridgehead atoms. The number of methoxy groups -OCH3 is 1. The number of hydrogen-bond donors (Lipinski definition) is 1. The Morgan fingerprint density at radius 2 is 2.13 bits per heavy atom. The minimum atomic E-state index is -0.439. The average Bonchev–Trinajstić information content (AvgIpc) is 3.47. The maximum atomic E-state index is 13.3. The van der Waals surface area contributed by atoms with Crippen LogP contribution in [0.2, 0.25) is 5.02 Å². The minimum Gasteiger partial charge on any atom is -0.453 e. The van der Waals surface area contributed by atoms with Crippen molar-refractivity contribution >= 4 is 40.2 Å². The van der Waals surface area contributed by atoms with Crippen LogP contribution < -0.4 is 10.2 Å². The molecule has 8 heteroatoms. The van der Waals surface area contributed by atoms with Crippen molar-refractivity contribution in [2.45, 2.75) is 37.8 Å². The average molecular weight is 439 g/mol. The number of ether oxygens (including phenoxy) is 1. The smallest absolute Gasteiger partial charge is 0.406 e. The highest BCUT2D eigenvalue weighted by Crippen LogP contribution is 2.57. The molecule has 1 spiro atoms. The number of alkyl carbamates (subject to hydrolysis) is 1. The molecular formula is C23H23ClN4O3. The molecule has 0 radical (unpaired) electrons. The van der Waals surface area contributed by atoms with Crippen LogP contribution in [0.25, 0.3) is 10.9 Å². The van der Waals surface area contributed by atoms with Crippen LogP contribution in [0.3, 0.4) is 0 Å². The second-order valence-corrected chi connectivity index (χ2v) is 8.57. The predicted octanol–water partition coefficient (Wildman–Crippen LogP) is 4.01. The number of halogens is 1. The zero-order chi connectivity index (χ0) is 21.6. The third-order valence-electron chi connectivity index (χ3n) is 6.29. The maximum Gasteiger partial charge on any atom is 0.406 e. The van der Waals surface area contributed by atoms with E-state index in [9.17, 15) is 9.59 Å². The number of carbonyl (C=O) groups is 2. The first-order valence-electron chi connectivity index (χ1n) is 10.4. The normalized spacial score (nSPS) is 16.1. The Balaban J connectivity index is 1.45. The van der Waals surface area contributed by atoms with Crippen molar-refractivity contribution in [3.63, 3.8) is 0 Å². The summed E-state index contributed by atoms with van der Waals surface area (Å²) in [5.41, 5.74) is 3.74. The molecule has 0 unspecified atom stereocenters. The number of anilines is 1. The van der Waals surface area contributed by atoms with E-state index in [0.717, 1.165) is 47.1 Å². The molecule has 1 aromatic carbocycles. The fourth-order valence-corrected chi connectivity index (χ4v) is 4.79. The van der Waals surface area contributed by atoms with Crippen molar-refractivity contribution in [3.05, 3.63) is 59.0 Å². The first-order chi connectivity index (χ1) is 15.0. The van der Waals surface area contributed by atoms with Gasteiger partial charge in [0.15, 0.2) is 0 Å². The van der Waals surface area contributed by atoms with Crippen LogP contribution >= 0.6 is 11.6 Å². The van der Waals surface area contributed by atoms with E-state index in [2.05, 4.69) is 25.7 Å². The number of aromatic nitrogens is 2. The zero-order valence-electron chi connectivity index (χ0n) is 17.2. The predicted molar refractivity (Wildman–Crippen MR) is 118 cm³/mol. The van der Waals surface area contributed by atoms with Crippen molar-refractivity contribution in [3.8, 4) is 0 Å². The largest absolute Gasteiger partial charge is 0.453 e. The molecule has 1 aliphatic heterocycles. The number of fused-ring (bicyclic) bond motifs is 3. The molecule has 3 heterocycles. The number of pyridine rings is 1. The van der Waals surface area contributed by atoms with Crippen LogP contribution in [0.5, 0.6) is 0 Å². The van der Waals surface area contributed by atoms with Crippen LogP contribution in [0, 0.1) is 0 Å². The van der Waals surface area contributed by atoms with Gasteiger partial charge in [0.05, 0.1) is 31.0 Å². The van der Waals surface area contributed by atoms with Gasteiger partial charge in [0.1, 0.15) is 0 Å². The van der Waals surface area contributed by atoms with Gasteiger partial charge in [0.2, 0.25) is 5.91 Å². The number of nitrogens with one attached hydrogen (secondary N) is 1. The van der Waals surface area contributed by atoms with Crippen molar-refractivity contribution < 1.29 is 14.3 Å². The number of nitrogens with zero attached hydrogens (tertiary/aromatic N) is 3. The summed E-state index contributed by atoms with van der Waals surface area (Å²) in [6, 6.07) is 9.88. The Kier molecular flexibility index (Phi) is 4.85. The molecule has 2 aliphatic rings. The molecule has 2 aromatic heterocycles. The number of benzene rings is 1. The summed E-state index contributed by atoms with van der Waals surface area (Å²) in [7, 11) is 1.35. The van der Waals surface area contributed by atoms with Gasteiger partial charge in [-0.15, -0.1) is 0 Å². The molecule has 7 nitrogen and oxygen atoms in total. The molecular weight excluding hydrogens is 416 g/mol.